The number of allylic oxidation sites excluding steroid dienone is 1. The fraction of sp³-hybridized carbons (Fsp3) is 0.111. The quantitative estimate of drug-likeness (QED) is 0.240. The number of aromatic nitrogens is 4. The number of rotatable bonds is 9. The first-order valence-electron chi connectivity index (χ1n) is 11.8. The number of hydrogen-bond donors (Lipinski definition) is 2. The Balaban J connectivity index is 1.62. The molecule has 0 radical (unpaired) electrons. The standard InChI is InChI=1S/C27H22ClN7O4/c1-38-27-29-13-20(14-30-27)23-24(19-8-10-21(28)11-9-19)26(37)35(34-25(23)33-31-16-36)15-17-4-6-18(7-5-17)22-3-2-12-32-39-22/h3-14,16H,2,15H2,1H3,(H,31,36)(H,33,34). The number of ether oxygens (including phenoxy) is 1. The van der Waals surface area contributed by atoms with Crippen LogP contribution in [0.5, 0.6) is 6.01 Å². The Morgan fingerprint density at radius 1 is 1.03 bits per heavy atom. The van der Waals surface area contributed by atoms with Crippen molar-refractivity contribution in [2.45, 2.75) is 13.0 Å². The van der Waals surface area contributed by atoms with Gasteiger partial charge < -0.3 is 9.57 Å². The van der Waals surface area contributed by atoms with Crippen LogP contribution < -0.4 is 21.1 Å². The van der Waals surface area contributed by atoms with E-state index in [-0.39, 0.29) is 23.9 Å². The van der Waals surface area contributed by atoms with Crippen molar-refractivity contribution in [3.8, 4) is 28.3 Å². The molecule has 0 spiro atoms. The van der Waals surface area contributed by atoms with Crippen LogP contribution in [0.3, 0.4) is 0 Å². The largest absolute Gasteiger partial charge is 0.467 e. The highest BCUT2D eigenvalue weighted by Crippen LogP contribution is 2.34. The summed E-state index contributed by atoms with van der Waals surface area (Å²) in [5.74, 6) is 0.887. The van der Waals surface area contributed by atoms with E-state index >= 15 is 0 Å². The molecule has 0 unspecified atom stereocenters. The summed E-state index contributed by atoms with van der Waals surface area (Å²) in [5, 5.41) is 8.91. The third-order valence-corrected chi connectivity index (χ3v) is 6.09. The zero-order chi connectivity index (χ0) is 27.2. The van der Waals surface area contributed by atoms with Gasteiger partial charge in [-0.2, -0.15) is 0 Å². The van der Waals surface area contributed by atoms with Crippen LogP contribution in [0.2, 0.25) is 5.02 Å². The number of hydrazine groups is 1. The molecule has 0 atom stereocenters. The lowest BCUT2D eigenvalue weighted by Crippen LogP contribution is -2.30. The average Bonchev–Trinajstić information content (AvgIpc) is 2.98. The van der Waals surface area contributed by atoms with Gasteiger partial charge in [0.05, 0.1) is 19.2 Å². The molecule has 11 nitrogen and oxygen atoms in total. The molecule has 0 aliphatic carbocycles. The zero-order valence-electron chi connectivity index (χ0n) is 20.7. The molecule has 12 heteroatoms. The second-order valence-electron chi connectivity index (χ2n) is 8.29. The van der Waals surface area contributed by atoms with Crippen LogP contribution in [0.25, 0.3) is 28.0 Å². The van der Waals surface area contributed by atoms with E-state index in [2.05, 4.69) is 31.1 Å². The number of methoxy groups -OCH3 is 1. The second-order valence-corrected chi connectivity index (χ2v) is 8.73. The third-order valence-electron chi connectivity index (χ3n) is 5.84. The summed E-state index contributed by atoms with van der Waals surface area (Å²) in [7, 11) is 1.46. The maximum Gasteiger partial charge on any atom is 0.316 e. The van der Waals surface area contributed by atoms with Gasteiger partial charge in [0.25, 0.3) is 5.56 Å². The number of carbonyl (C=O) groups is 1. The molecular formula is C27H22ClN7O4. The highest BCUT2D eigenvalue weighted by molar-refractivity contribution is 6.30. The molecular weight excluding hydrogens is 522 g/mol. The number of oxime groups is 1. The van der Waals surface area contributed by atoms with Crippen molar-refractivity contribution < 1.29 is 14.4 Å². The van der Waals surface area contributed by atoms with Gasteiger partial charge >= 0.3 is 6.01 Å². The van der Waals surface area contributed by atoms with Gasteiger partial charge in [0, 0.05) is 46.7 Å². The van der Waals surface area contributed by atoms with Crippen molar-refractivity contribution in [2.24, 2.45) is 5.16 Å². The van der Waals surface area contributed by atoms with Crippen LogP contribution in [-0.4, -0.2) is 39.5 Å². The topological polar surface area (TPSA) is 133 Å². The maximum absolute atomic E-state index is 14.0. The monoisotopic (exact) mass is 543 g/mol. The molecule has 0 bridgehead atoms. The molecule has 0 fully saturated rings. The SMILES string of the molecule is COc1ncc(-c2c(NNC=O)nn(Cc3ccc(C4=CCC=NO4)cc3)c(=O)c2-c2ccc(Cl)cc2)cn1. The summed E-state index contributed by atoms with van der Waals surface area (Å²) in [6.07, 6.45) is 7.82. The summed E-state index contributed by atoms with van der Waals surface area (Å²) in [4.78, 5) is 38.8. The van der Waals surface area contributed by atoms with E-state index in [1.165, 1.54) is 24.2 Å². The Morgan fingerprint density at radius 2 is 1.74 bits per heavy atom. The summed E-state index contributed by atoms with van der Waals surface area (Å²) < 4.78 is 6.40. The first-order chi connectivity index (χ1) is 19.1. The number of halogens is 1. The molecule has 39 heavy (non-hydrogen) atoms. The minimum atomic E-state index is -0.364. The number of nitrogens with one attached hydrogen (secondary N) is 2. The molecule has 3 heterocycles. The Bertz CT molecular complexity index is 1600. The Hall–Kier alpha value is -5.03. The van der Waals surface area contributed by atoms with Gasteiger partial charge in [0.15, 0.2) is 11.6 Å². The number of nitrogens with zero attached hydrogens (tertiary/aromatic N) is 5. The molecule has 4 aromatic rings. The number of benzene rings is 2. The molecule has 0 saturated heterocycles. The Morgan fingerprint density at radius 3 is 2.38 bits per heavy atom. The first-order valence-corrected chi connectivity index (χ1v) is 12.2. The van der Waals surface area contributed by atoms with E-state index in [9.17, 15) is 9.59 Å². The van der Waals surface area contributed by atoms with Gasteiger partial charge in [-0.25, -0.2) is 14.6 Å². The minimum absolute atomic E-state index is 0.160. The Kier molecular flexibility index (Phi) is 7.60. The van der Waals surface area contributed by atoms with Crippen molar-refractivity contribution >= 4 is 35.8 Å². The predicted octanol–water partition coefficient (Wildman–Crippen LogP) is 3.90. The van der Waals surface area contributed by atoms with Gasteiger partial charge in [-0.1, -0.05) is 53.2 Å². The molecule has 2 N–H and O–H groups in total. The number of carbonyl (C=O) groups excluding carboxylic acids is 1. The van der Waals surface area contributed by atoms with Crippen LogP contribution in [0.1, 0.15) is 17.5 Å². The van der Waals surface area contributed by atoms with Crippen LogP contribution in [-0.2, 0) is 16.2 Å². The lowest BCUT2D eigenvalue weighted by Gasteiger charge is -2.18. The fourth-order valence-corrected chi connectivity index (χ4v) is 4.16. The molecule has 0 saturated carbocycles. The van der Waals surface area contributed by atoms with Crippen molar-refractivity contribution in [3.05, 3.63) is 93.5 Å². The second kappa shape index (κ2) is 11.6. The summed E-state index contributed by atoms with van der Waals surface area (Å²) in [6, 6.07) is 14.6. The van der Waals surface area contributed by atoms with E-state index in [0.29, 0.717) is 45.9 Å². The highest BCUT2D eigenvalue weighted by atomic mass is 35.5. The molecule has 1 amide bonds. The molecule has 1 aliphatic heterocycles. The number of hydrogen-bond acceptors (Lipinski definition) is 9. The number of amides is 1. The molecule has 2 aromatic carbocycles. The van der Waals surface area contributed by atoms with Crippen molar-refractivity contribution in [2.75, 3.05) is 12.5 Å². The zero-order valence-corrected chi connectivity index (χ0v) is 21.4. The van der Waals surface area contributed by atoms with E-state index in [1.54, 1.807) is 30.5 Å². The van der Waals surface area contributed by atoms with Crippen LogP contribution >= 0.6 is 11.6 Å². The highest BCUT2D eigenvalue weighted by Gasteiger charge is 2.22. The van der Waals surface area contributed by atoms with E-state index in [4.69, 9.17) is 21.2 Å². The van der Waals surface area contributed by atoms with Crippen LogP contribution in [0, 0.1) is 0 Å². The predicted molar refractivity (Wildman–Crippen MR) is 147 cm³/mol. The fourth-order valence-electron chi connectivity index (χ4n) is 4.03. The summed E-state index contributed by atoms with van der Waals surface area (Å²) >= 11 is 6.13. The lowest BCUT2D eigenvalue weighted by atomic mass is 9.98. The molecule has 5 rings (SSSR count). The molecule has 1 aliphatic rings. The minimum Gasteiger partial charge on any atom is -0.467 e. The summed E-state index contributed by atoms with van der Waals surface area (Å²) in [5.41, 5.74) is 8.31. The third kappa shape index (κ3) is 5.63. The average molecular weight is 544 g/mol. The van der Waals surface area contributed by atoms with Gasteiger partial charge in [0.2, 0.25) is 6.41 Å². The van der Waals surface area contributed by atoms with Gasteiger partial charge in [-0.15, -0.1) is 5.10 Å². The van der Waals surface area contributed by atoms with Crippen LogP contribution in [0.4, 0.5) is 5.82 Å². The van der Waals surface area contributed by atoms with Crippen molar-refractivity contribution in [3.63, 3.8) is 0 Å². The van der Waals surface area contributed by atoms with E-state index in [0.717, 1.165) is 11.1 Å². The first kappa shape index (κ1) is 25.6. The van der Waals surface area contributed by atoms with E-state index < -0.39 is 0 Å². The lowest BCUT2D eigenvalue weighted by molar-refractivity contribution is -0.109. The van der Waals surface area contributed by atoms with Crippen LogP contribution in [0.15, 0.2) is 77.0 Å². The Labute approximate surface area is 227 Å². The van der Waals surface area contributed by atoms with Crippen molar-refractivity contribution in [1.82, 2.24) is 25.2 Å². The van der Waals surface area contributed by atoms with Gasteiger partial charge in [-0.05, 0) is 29.3 Å². The van der Waals surface area contributed by atoms with Crippen molar-refractivity contribution in [1.29, 1.82) is 0 Å². The normalized spacial score (nSPS) is 12.3. The maximum atomic E-state index is 14.0. The summed E-state index contributed by atoms with van der Waals surface area (Å²) in [6.45, 7) is 0.160. The number of anilines is 1. The molecule has 2 aromatic heterocycles. The smallest absolute Gasteiger partial charge is 0.316 e. The van der Waals surface area contributed by atoms with Gasteiger partial charge in [-0.3, -0.25) is 20.4 Å². The molecule has 196 valence electrons. The van der Waals surface area contributed by atoms with E-state index in [1.807, 2.05) is 30.3 Å². The van der Waals surface area contributed by atoms with Gasteiger partial charge in [0.1, 0.15) is 0 Å².